The van der Waals surface area contributed by atoms with Crippen molar-refractivity contribution in [3.63, 3.8) is 0 Å². The van der Waals surface area contributed by atoms with Crippen LogP contribution in [0.2, 0.25) is 0 Å². The van der Waals surface area contributed by atoms with Crippen molar-refractivity contribution in [3.05, 3.63) is 92.3 Å². The van der Waals surface area contributed by atoms with E-state index in [0.29, 0.717) is 10.2 Å². The summed E-state index contributed by atoms with van der Waals surface area (Å²) in [5.41, 5.74) is 3.05. The van der Waals surface area contributed by atoms with E-state index < -0.39 is 9.84 Å². The van der Waals surface area contributed by atoms with Crippen molar-refractivity contribution in [1.29, 1.82) is 0 Å². The number of aryl methyl sites for hydroxylation is 1. The van der Waals surface area contributed by atoms with Crippen LogP contribution in [-0.2, 0) is 35.1 Å². The average molecular weight is 466 g/mol. The molecule has 5 rings (SSSR count). The molecule has 8 heteroatoms. The number of thiophene rings is 1. The Balaban J connectivity index is 1.43. The van der Waals surface area contributed by atoms with Crippen LogP contribution < -0.4 is 5.56 Å². The second-order valence-corrected chi connectivity index (χ2v) is 11.3. The van der Waals surface area contributed by atoms with Crippen LogP contribution in [0.1, 0.15) is 27.4 Å². The van der Waals surface area contributed by atoms with Crippen molar-refractivity contribution in [2.24, 2.45) is 0 Å². The van der Waals surface area contributed by atoms with Gasteiger partial charge in [0, 0.05) is 24.5 Å². The van der Waals surface area contributed by atoms with Gasteiger partial charge in [-0.05, 0) is 36.6 Å². The lowest BCUT2D eigenvalue weighted by atomic mass is 10.0. The van der Waals surface area contributed by atoms with E-state index in [1.165, 1.54) is 16.9 Å². The molecule has 6 nitrogen and oxygen atoms in total. The molecule has 3 heterocycles. The maximum atomic E-state index is 12.9. The summed E-state index contributed by atoms with van der Waals surface area (Å²) in [6.45, 7) is 4.40. The first-order valence-electron chi connectivity index (χ1n) is 10.5. The molecule has 2 aromatic heterocycles. The highest BCUT2D eigenvalue weighted by molar-refractivity contribution is 7.90. The SMILES string of the molecule is Cc1ccc(S(=O)(=O)Cc2nc3sc4c(c3c(=O)[nH]2)CCN(Cc2ccccc2)C4)cc1. The second kappa shape index (κ2) is 8.27. The van der Waals surface area contributed by atoms with Crippen LogP contribution in [0.5, 0.6) is 0 Å². The van der Waals surface area contributed by atoms with E-state index in [1.54, 1.807) is 24.3 Å². The van der Waals surface area contributed by atoms with Crippen LogP contribution in [0.15, 0.2) is 64.3 Å². The van der Waals surface area contributed by atoms with Crippen LogP contribution >= 0.6 is 11.3 Å². The summed E-state index contributed by atoms with van der Waals surface area (Å²) in [6.07, 6.45) is 0.786. The van der Waals surface area contributed by atoms with Gasteiger partial charge in [-0.15, -0.1) is 11.3 Å². The zero-order valence-corrected chi connectivity index (χ0v) is 19.3. The highest BCUT2D eigenvalue weighted by atomic mass is 32.2. The summed E-state index contributed by atoms with van der Waals surface area (Å²) in [5.74, 6) is -0.146. The Morgan fingerprint density at radius 1 is 1.09 bits per heavy atom. The van der Waals surface area contributed by atoms with Crippen molar-refractivity contribution in [1.82, 2.24) is 14.9 Å². The number of aromatic nitrogens is 2. The molecule has 0 amide bonds. The number of hydrogen-bond acceptors (Lipinski definition) is 6. The summed E-state index contributed by atoms with van der Waals surface area (Å²) in [6, 6.07) is 17.0. The predicted molar refractivity (Wildman–Crippen MR) is 127 cm³/mol. The van der Waals surface area contributed by atoms with Gasteiger partial charge in [0.1, 0.15) is 16.4 Å². The normalized spacial score (nSPS) is 14.5. The highest BCUT2D eigenvalue weighted by Crippen LogP contribution is 2.33. The molecular weight excluding hydrogens is 442 g/mol. The predicted octanol–water partition coefficient (Wildman–Crippen LogP) is 3.83. The van der Waals surface area contributed by atoms with Crippen molar-refractivity contribution >= 4 is 31.4 Å². The van der Waals surface area contributed by atoms with Gasteiger partial charge in [-0.2, -0.15) is 0 Å². The standard InChI is InChI=1S/C24H23N3O3S2/c1-16-7-9-18(10-8-16)32(29,30)15-21-25-23(28)22-19-11-12-27(13-17-5-3-2-4-6-17)14-20(19)31-24(22)26-21/h2-10H,11-15H2,1H3,(H,25,26,28). The fraction of sp³-hybridized carbons (Fsp3) is 0.250. The minimum absolute atomic E-state index is 0.183. The van der Waals surface area contributed by atoms with E-state index in [1.807, 2.05) is 25.1 Å². The first-order chi connectivity index (χ1) is 15.4. The molecule has 4 aromatic rings. The molecule has 1 aliphatic heterocycles. The quantitative estimate of drug-likeness (QED) is 0.484. The molecule has 0 unspecified atom stereocenters. The Morgan fingerprint density at radius 2 is 1.84 bits per heavy atom. The number of fused-ring (bicyclic) bond motifs is 3. The van der Waals surface area contributed by atoms with E-state index in [2.05, 4.69) is 27.0 Å². The van der Waals surface area contributed by atoms with Gasteiger partial charge < -0.3 is 4.98 Å². The molecule has 32 heavy (non-hydrogen) atoms. The van der Waals surface area contributed by atoms with Gasteiger partial charge in [-0.25, -0.2) is 13.4 Å². The first kappa shape index (κ1) is 21.1. The van der Waals surface area contributed by atoms with E-state index in [0.717, 1.165) is 42.1 Å². The molecule has 0 saturated carbocycles. The van der Waals surface area contributed by atoms with Crippen LogP contribution in [0, 0.1) is 6.92 Å². The number of hydrogen-bond donors (Lipinski definition) is 1. The molecule has 0 fully saturated rings. The highest BCUT2D eigenvalue weighted by Gasteiger charge is 2.25. The zero-order chi connectivity index (χ0) is 22.3. The molecule has 164 valence electrons. The van der Waals surface area contributed by atoms with E-state index in [9.17, 15) is 13.2 Å². The number of aromatic amines is 1. The average Bonchev–Trinajstić information content (AvgIpc) is 3.12. The van der Waals surface area contributed by atoms with Gasteiger partial charge in [0.15, 0.2) is 9.84 Å². The Hall–Kier alpha value is -2.81. The minimum atomic E-state index is -3.60. The van der Waals surface area contributed by atoms with Crippen LogP contribution in [-0.4, -0.2) is 29.8 Å². The molecule has 1 aliphatic rings. The fourth-order valence-corrected chi connectivity index (χ4v) is 6.65. The summed E-state index contributed by atoms with van der Waals surface area (Å²) >= 11 is 1.50. The third kappa shape index (κ3) is 4.13. The largest absolute Gasteiger partial charge is 0.309 e. The number of H-pyrrole nitrogens is 1. The van der Waals surface area contributed by atoms with E-state index in [4.69, 9.17) is 0 Å². The van der Waals surface area contributed by atoms with Crippen LogP contribution in [0.4, 0.5) is 0 Å². The lowest BCUT2D eigenvalue weighted by Crippen LogP contribution is -2.29. The first-order valence-corrected chi connectivity index (χ1v) is 12.9. The van der Waals surface area contributed by atoms with Crippen molar-refractivity contribution in [3.8, 4) is 0 Å². The summed E-state index contributed by atoms with van der Waals surface area (Å²) in [5, 5.41) is 0.612. The molecular formula is C24H23N3O3S2. The maximum absolute atomic E-state index is 12.9. The summed E-state index contributed by atoms with van der Waals surface area (Å²) in [4.78, 5) is 24.5. The molecule has 0 saturated heterocycles. The Labute approximate surface area is 190 Å². The van der Waals surface area contributed by atoms with Crippen LogP contribution in [0.25, 0.3) is 10.2 Å². The van der Waals surface area contributed by atoms with Gasteiger partial charge in [-0.3, -0.25) is 9.69 Å². The zero-order valence-electron chi connectivity index (χ0n) is 17.7. The number of sulfone groups is 1. The molecule has 0 spiro atoms. The molecule has 0 aliphatic carbocycles. The van der Waals surface area contributed by atoms with Crippen LogP contribution in [0.3, 0.4) is 0 Å². The Kier molecular flexibility index (Phi) is 5.44. The van der Waals surface area contributed by atoms with Gasteiger partial charge in [-0.1, -0.05) is 48.0 Å². The fourth-order valence-electron chi connectivity index (χ4n) is 4.15. The lowest BCUT2D eigenvalue weighted by molar-refractivity contribution is 0.249. The molecule has 1 N–H and O–H groups in total. The number of rotatable bonds is 5. The monoisotopic (exact) mass is 465 g/mol. The number of benzene rings is 2. The molecule has 0 atom stereocenters. The Bertz CT molecular complexity index is 1440. The van der Waals surface area contributed by atoms with Gasteiger partial charge >= 0.3 is 0 Å². The van der Waals surface area contributed by atoms with E-state index in [-0.39, 0.29) is 22.0 Å². The molecule has 0 radical (unpaired) electrons. The van der Waals surface area contributed by atoms with Crippen molar-refractivity contribution in [2.75, 3.05) is 6.54 Å². The second-order valence-electron chi connectivity index (χ2n) is 8.21. The maximum Gasteiger partial charge on any atom is 0.259 e. The van der Waals surface area contributed by atoms with Crippen molar-refractivity contribution in [2.45, 2.75) is 37.1 Å². The number of nitrogens with zero attached hydrogens (tertiary/aromatic N) is 2. The minimum Gasteiger partial charge on any atom is -0.309 e. The lowest BCUT2D eigenvalue weighted by Gasteiger charge is -2.26. The topological polar surface area (TPSA) is 83.1 Å². The molecule has 0 bridgehead atoms. The number of nitrogens with one attached hydrogen (secondary N) is 1. The van der Waals surface area contributed by atoms with Gasteiger partial charge in [0.2, 0.25) is 0 Å². The van der Waals surface area contributed by atoms with Gasteiger partial charge in [0.05, 0.1) is 10.3 Å². The third-order valence-electron chi connectivity index (χ3n) is 5.79. The smallest absolute Gasteiger partial charge is 0.259 e. The third-order valence-corrected chi connectivity index (χ3v) is 8.55. The Morgan fingerprint density at radius 3 is 2.59 bits per heavy atom. The molecule has 2 aromatic carbocycles. The van der Waals surface area contributed by atoms with E-state index >= 15 is 0 Å². The van der Waals surface area contributed by atoms with Crippen molar-refractivity contribution < 1.29 is 8.42 Å². The summed E-state index contributed by atoms with van der Waals surface area (Å²) < 4.78 is 25.6. The van der Waals surface area contributed by atoms with Gasteiger partial charge in [0.25, 0.3) is 5.56 Å². The summed E-state index contributed by atoms with van der Waals surface area (Å²) in [7, 11) is -3.60.